The van der Waals surface area contributed by atoms with Crippen LogP contribution in [0.2, 0.25) is 0 Å². The fraction of sp³-hybridized carbons (Fsp3) is 0.0667. The lowest BCUT2D eigenvalue weighted by Gasteiger charge is -2.01. The topological polar surface area (TPSA) is 61.5 Å². The average Bonchev–Trinajstić information content (AvgIpc) is 3.14. The number of H-pyrrole nitrogens is 2. The van der Waals surface area contributed by atoms with Crippen LogP contribution < -0.4 is 0 Å². The number of aromatic amines is 2. The number of imidazole rings is 1. The monoisotopic (exact) mass is 253 g/mol. The van der Waals surface area contributed by atoms with Crippen molar-refractivity contribution in [3.8, 4) is 0 Å². The van der Waals surface area contributed by atoms with E-state index in [1.807, 2.05) is 37.3 Å². The van der Waals surface area contributed by atoms with Crippen LogP contribution in [0.5, 0.6) is 0 Å². The average molecular weight is 253 g/mol. The van der Waals surface area contributed by atoms with Gasteiger partial charge in [0.25, 0.3) is 0 Å². The zero-order chi connectivity index (χ0) is 13.5. The van der Waals surface area contributed by atoms with Crippen molar-refractivity contribution >= 4 is 5.78 Å². The first-order chi connectivity index (χ1) is 9.29. The zero-order valence-electron chi connectivity index (χ0n) is 10.6. The van der Waals surface area contributed by atoms with Gasteiger partial charge in [-0.25, -0.2) is 4.98 Å². The van der Waals surface area contributed by atoms with Gasteiger partial charge in [-0.05, 0) is 24.6 Å². The SMILES string of the molecule is Cc1ccccc1C(=O)c1ccc[nH]1.c1c[nH]cn1. The van der Waals surface area contributed by atoms with E-state index in [0.717, 1.165) is 11.1 Å². The van der Waals surface area contributed by atoms with Crippen LogP contribution in [0.1, 0.15) is 21.6 Å². The van der Waals surface area contributed by atoms with Gasteiger partial charge in [0.2, 0.25) is 5.78 Å². The van der Waals surface area contributed by atoms with Crippen molar-refractivity contribution in [3.05, 3.63) is 78.1 Å². The van der Waals surface area contributed by atoms with E-state index in [-0.39, 0.29) is 5.78 Å². The molecule has 0 aliphatic rings. The van der Waals surface area contributed by atoms with Crippen molar-refractivity contribution in [1.29, 1.82) is 0 Å². The lowest BCUT2D eigenvalue weighted by molar-refractivity contribution is 0.103. The summed E-state index contributed by atoms with van der Waals surface area (Å²) in [6.45, 7) is 1.94. The Morgan fingerprint density at radius 1 is 1.11 bits per heavy atom. The van der Waals surface area contributed by atoms with Crippen molar-refractivity contribution in [2.75, 3.05) is 0 Å². The molecule has 3 rings (SSSR count). The second kappa shape index (κ2) is 6.35. The molecule has 1 aromatic carbocycles. The normalized spacial score (nSPS) is 9.53. The molecule has 0 spiro atoms. The first kappa shape index (κ1) is 12.8. The molecule has 0 aliphatic heterocycles. The van der Waals surface area contributed by atoms with Gasteiger partial charge in [0.05, 0.1) is 12.0 Å². The lowest BCUT2D eigenvalue weighted by atomic mass is 10.0. The van der Waals surface area contributed by atoms with Crippen LogP contribution in [0.15, 0.2) is 61.3 Å². The summed E-state index contributed by atoms with van der Waals surface area (Å²) >= 11 is 0. The highest BCUT2D eigenvalue weighted by Crippen LogP contribution is 2.12. The van der Waals surface area contributed by atoms with Crippen molar-refractivity contribution in [2.24, 2.45) is 0 Å². The van der Waals surface area contributed by atoms with Gasteiger partial charge in [-0.1, -0.05) is 24.3 Å². The molecule has 0 aliphatic carbocycles. The molecule has 0 radical (unpaired) electrons. The molecule has 4 nitrogen and oxygen atoms in total. The molecule has 0 atom stereocenters. The molecule has 2 N–H and O–H groups in total. The standard InChI is InChI=1S/C12H11NO.C3H4N2/c1-9-5-2-3-6-10(9)12(14)11-7-4-8-13-11;1-2-5-3-4-1/h2-8,13H,1H3;1-3H,(H,4,5). The summed E-state index contributed by atoms with van der Waals surface area (Å²) in [4.78, 5) is 21.2. The lowest BCUT2D eigenvalue weighted by Crippen LogP contribution is -2.03. The second-order valence-corrected chi connectivity index (χ2v) is 3.99. The molecule has 0 unspecified atom stereocenters. The summed E-state index contributed by atoms with van der Waals surface area (Å²) in [7, 11) is 0. The summed E-state index contributed by atoms with van der Waals surface area (Å²) in [5.74, 6) is 0.0492. The third kappa shape index (κ3) is 3.42. The maximum absolute atomic E-state index is 11.9. The number of nitrogens with zero attached hydrogens (tertiary/aromatic N) is 1. The van der Waals surface area contributed by atoms with E-state index in [1.165, 1.54) is 0 Å². The van der Waals surface area contributed by atoms with Crippen molar-refractivity contribution in [1.82, 2.24) is 15.0 Å². The third-order valence-corrected chi connectivity index (χ3v) is 2.64. The minimum atomic E-state index is 0.0492. The molecule has 19 heavy (non-hydrogen) atoms. The number of carbonyl (C=O) groups excluding carboxylic acids is 1. The Bertz CT molecular complexity index is 595. The number of nitrogens with one attached hydrogen (secondary N) is 2. The molecule has 0 saturated heterocycles. The molecular formula is C15H15N3O. The fourth-order valence-electron chi connectivity index (χ4n) is 1.66. The molecule has 0 amide bonds. The van der Waals surface area contributed by atoms with E-state index in [4.69, 9.17) is 0 Å². The molecule has 0 fully saturated rings. The molecule has 96 valence electrons. The number of hydrogen-bond acceptors (Lipinski definition) is 2. The smallest absolute Gasteiger partial charge is 0.209 e. The largest absolute Gasteiger partial charge is 0.359 e. The van der Waals surface area contributed by atoms with E-state index in [2.05, 4.69) is 15.0 Å². The quantitative estimate of drug-likeness (QED) is 0.690. The van der Waals surface area contributed by atoms with Gasteiger partial charge < -0.3 is 9.97 Å². The van der Waals surface area contributed by atoms with Crippen LogP contribution in [0, 0.1) is 6.92 Å². The Morgan fingerprint density at radius 3 is 2.47 bits per heavy atom. The minimum absolute atomic E-state index is 0.0492. The Hall–Kier alpha value is -2.62. The van der Waals surface area contributed by atoms with Crippen LogP contribution in [0.25, 0.3) is 0 Å². The number of aromatic nitrogens is 3. The van der Waals surface area contributed by atoms with Gasteiger partial charge in [-0.3, -0.25) is 4.79 Å². The molecule has 0 bridgehead atoms. The van der Waals surface area contributed by atoms with Crippen molar-refractivity contribution in [2.45, 2.75) is 6.92 Å². The van der Waals surface area contributed by atoms with Crippen LogP contribution in [0.4, 0.5) is 0 Å². The number of rotatable bonds is 2. The highest BCUT2D eigenvalue weighted by molar-refractivity contribution is 6.08. The van der Waals surface area contributed by atoms with Crippen LogP contribution >= 0.6 is 0 Å². The highest BCUT2D eigenvalue weighted by atomic mass is 16.1. The van der Waals surface area contributed by atoms with Crippen LogP contribution in [0.3, 0.4) is 0 Å². The first-order valence-electron chi connectivity index (χ1n) is 5.95. The number of ketones is 1. The van der Waals surface area contributed by atoms with Crippen molar-refractivity contribution in [3.63, 3.8) is 0 Å². The molecular weight excluding hydrogens is 238 g/mol. The summed E-state index contributed by atoms with van der Waals surface area (Å²) in [6.07, 6.45) is 6.84. The van der Waals surface area contributed by atoms with Gasteiger partial charge in [0.15, 0.2) is 0 Å². The summed E-state index contributed by atoms with van der Waals surface area (Å²) in [5, 5.41) is 0. The number of aryl methyl sites for hydroxylation is 1. The van der Waals surface area contributed by atoms with E-state index in [0.29, 0.717) is 5.69 Å². The number of benzene rings is 1. The molecule has 3 aromatic rings. The predicted molar refractivity (Wildman–Crippen MR) is 74.0 cm³/mol. The van der Waals surface area contributed by atoms with Crippen molar-refractivity contribution < 1.29 is 4.79 Å². The molecule has 4 heteroatoms. The van der Waals surface area contributed by atoms with Crippen LogP contribution in [-0.4, -0.2) is 20.7 Å². The Kier molecular flexibility index (Phi) is 4.29. The summed E-state index contributed by atoms with van der Waals surface area (Å²) < 4.78 is 0. The van der Waals surface area contributed by atoms with E-state index >= 15 is 0 Å². The summed E-state index contributed by atoms with van der Waals surface area (Å²) in [5.41, 5.74) is 2.40. The van der Waals surface area contributed by atoms with Gasteiger partial charge in [-0.2, -0.15) is 0 Å². The summed E-state index contributed by atoms with van der Waals surface area (Å²) in [6, 6.07) is 11.2. The van der Waals surface area contributed by atoms with Gasteiger partial charge >= 0.3 is 0 Å². The molecule has 2 heterocycles. The molecule has 2 aromatic heterocycles. The second-order valence-electron chi connectivity index (χ2n) is 3.99. The van der Waals surface area contributed by atoms with Gasteiger partial charge in [0, 0.05) is 24.2 Å². The van der Waals surface area contributed by atoms with E-state index in [1.54, 1.807) is 31.0 Å². The van der Waals surface area contributed by atoms with E-state index < -0.39 is 0 Å². The third-order valence-electron chi connectivity index (χ3n) is 2.64. The van der Waals surface area contributed by atoms with Gasteiger partial charge in [-0.15, -0.1) is 0 Å². The number of carbonyl (C=O) groups is 1. The fourth-order valence-corrected chi connectivity index (χ4v) is 1.66. The molecule has 0 saturated carbocycles. The Labute approximate surface area is 111 Å². The maximum atomic E-state index is 11.9. The first-order valence-corrected chi connectivity index (χ1v) is 5.95. The maximum Gasteiger partial charge on any atom is 0.209 e. The van der Waals surface area contributed by atoms with Crippen LogP contribution in [-0.2, 0) is 0 Å². The van der Waals surface area contributed by atoms with Gasteiger partial charge in [0.1, 0.15) is 0 Å². The van der Waals surface area contributed by atoms with E-state index in [9.17, 15) is 4.79 Å². The highest BCUT2D eigenvalue weighted by Gasteiger charge is 2.10. The Morgan fingerprint density at radius 2 is 1.95 bits per heavy atom. The predicted octanol–water partition coefficient (Wildman–Crippen LogP) is 2.96. The number of hydrogen-bond donors (Lipinski definition) is 2. The minimum Gasteiger partial charge on any atom is -0.359 e. The zero-order valence-corrected chi connectivity index (χ0v) is 10.6. The Balaban J connectivity index is 0.000000224.